The molecule has 10 heteroatoms. The van der Waals surface area contributed by atoms with Crippen LogP contribution in [0.3, 0.4) is 0 Å². The van der Waals surface area contributed by atoms with Gasteiger partial charge < -0.3 is 20.5 Å². The lowest BCUT2D eigenvalue weighted by Gasteiger charge is -2.29. The van der Waals surface area contributed by atoms with Crippen LogP contribution in [0.2, 0.25) is 0 Å². The lowest BCUT2D eigenvalue weighted by Crippen LogP contribution is -2.53. The topological polar surface area (TPSA) is 140 Å². The molecule has 4 N–H and O–H groups in total. The quantitative estimate of drug-likeness (QED) is 0.545. The van der Waals surface area contributed by atoms with Crippen molar-refractivity contribution in [2.24, 2.45) is 17.6 Å². The van der Waals surface area contributed by atoms with E-state index in [1.165, 1.54) is 4.90 Å². The minimum Gasteiger partial charge on any atom is -0.454 e. The molecule has 4 heterocycles. The summed E-state index contributed by atoms with van der Waals surface area (Å²) in [6, 6.07) is 10.2. The van der Waals surface area contributed by atoms with E-state index in [0.717, 1.165) is 5.56 Å². The average Bonchev–Trinajstić information content (AvgIpc) is 3.55. The highest BCUT2D eigenvalue weighted by Crippen LogP contribution is 2.54. The number of nitrogens with zero attached hydrogens (tertiary/aromatic N) is 1. The molecule has 6 rings (SSSR count). The van der Waals surface area contributed by atoms with Crippen LogP contribution in [0.5, 0.6) is 11.5 Å². The first kappa shape index (κ1) is 21.6. The van der Waals surface area contributed by atoms with E-state index in [-0.39, 0.29) is 38.0 Å². The van der Waals surface area contributed by atoms with Gasteiger partial charge in [-0.3, -0.25) is 29.4 Å². The van der Waals surface area contributed by atoms with Gasteiger partial charge in [-0.2, -0.15) is 0 Å². The van der Waals surface area contributed by atoms with Gasteiger partial charge in [0, 0.05) is 23.7 Å². The van der Waals surface area contributed by atoms with Crippen LogP contribution >= 0.6 is 0 Å². The zero-order valence-electron chi connectivity index (χ0n) is 19.0. The Bertz CT molecular complexity index is 1310. The second-order valence-electron chi connectivity index (χ2n) is 9.52. The molecule has 0 radical (unpaired) electrons. The fraction of sp³-hybridized carbons (Fsp3) is 0.360. The summed E-state index contributed by atoms with van der Waals surface area (Å²) in [7, 11) is 0. The number of likely N-dealkylation sites (tertiary alicyclic amines) is 1. The number of carbonyl (C=O) groups excluding carboxylic acids is 4. The van der Waals surface area contributed by atoms with Crippen LogP contribution in [0.1, 0.15) is 29.5 Å². The molecular weight excluding hydrogens is 452 g/mol. The summed E-state index contributed by atoms with van der Waals surface area (Å²) in [6.07, 6.45) is 0.270. The summed E-state index contributed by atoms with van der Waals surface area (Å²) in [5.74, 6) is -2.25. The van der Waals surface area contributed by atoms with Crippen molar-refractivity contribution in [2.75, 3.05) is 12.1 Å². The second kappa shape index (κ2) is 7.54. The summed E-state index contributed by atoms with van der Waals surface area (Å²) in [6.45, 7) is 2.07. The number of aryl methyl sites for hydroxylation is 1. The van der Waals surface area contributed by atoms with Gasteiger partial charge in [0.15, 0.2) is 11.5 Å². The van der Waals surface area contributed by atoms with Gasteiger partial charge in [-0.25, -0.2) is 0 Å². The monoisotopic (exact) mass is 476 g/mol. The fourth-order valence-corrected chi connectivity index (χ4v) is 5.90. The van der Waals surface area contributed by atoms with Crippen molar-refractivity contribution in [1.29, 1.82) is 0 Å². The Hall–Kier alpha value is -3.92. The molecule has 0 saturated carbocycles. The smallest absolute Gasteiger partial charge is 0.250 e. The van der Waals surface area contributed by atoms with Gasteiger partial charge in [-0.15, -0.1) is 0 Å². The largest absolute Gasteiger partial charge is 0.454 e. The number of hydrogen-bond donors (Lipinski definition) is 3. The van der Waals surface area contributed by atoms with Crippen molar-refractivity contribution in [2.45, 2.75) is 37.9 Å². The molecule has 2 fully saturated rings. The van der Waals surface area contributed by atoms with Crippen LogP contribution in [0.15, 0.2) is 36.4 Å². The number of rotatable bonds is 5. The molecule has 35 heavy (non-hydrogen) atoms. The number of imide groups is 1. The molecule has 2 saturated heterocycles. The van der Waals surface area contributed by atoms with Gasteiger partial charge in [0.25, 0.3) is 0 Å². The van der Waals surface area contributed by atoms with Gasteiger partial charge in [0.1, 0.15) is 5.54 Å². The lowest BCUT2D eigenvalue weighted by molar-refractivity contribution is -0.143. The van der Waals surface area contributed by atoms with Gasteiger partial charge in [0.2, 0.25) is 30.4 Å². The third kappa shape index (κ3) is 3.06. The molecule has 4 aliphatic heterocycles. The highest BCUT2D eigenvalue weighted by molar-refractivity contribution is 6.15. The molecule has 180 valence electrons. The Labute approximate surface area is 200 Å². The van der Waals surface area contributed by atoms with E-state index in [2.05, 4.69) is 10.6 Å². The Kier molecular flexibility index (Phi) is 4.65. The predicted molar refractivity (Wildman–Crippen MR) is 122 cm³/mol. The zero-order chi connectivity index (χ0) is 24.5. The second-order valence-corrected chi connectivity index (χ2v) is 9.52. The number of nitrogens with one attached hydrogen (secondary N) is 2. The number of hydrogen-bond acceptors (Lipinski definition) is 7. The number of fused-ring (bicyclic) bond motifs is 5. The van der Waals surface area contributed by atoms with Gasteiger partial charge in [-0.1, -0.05) is 23.8 Å². The highest BCUT2D eigenvalue weighted by Gasteiger charge is 2.70. The molecule has 4 aliphatic rings. The van der Waals surface area contributed by atoms with Crippen molar-refractivity contribution in [3.05, 3.63) is 53.1 Å². The van der Waals surface area contributed by atoms with Crippen molar-refractivity contribution >= 4 is 29.3 Å². The van der Waals surface area contributed by atoms with E-state index in [1.54, 1.807) is 24.3 Å². The molecule has 2 aromatic carbocycles. The van der Waals surface area contributed by atoms with Crippen LogP contribution in [0, 0.1) is 18.8 Å². The van der Waals surface area contributed by atoms with E-state index in [1.807, 2.05) is 19.1 Å². The molecule has 2 unspecified atom stereocenters. The summed E-state index contributed by atoms with van der Waals surface area (Å²) >= 11 is 0. The Morgan fingerprint density at radius 1 is 1.11 bits per heavy atom. The Morgan fingerprint density at radius 2 is 1.91 bits per heavy atom. The number of ether oxygens (including phenoxy) is 2. The van der Waals surface area contributed by atoms with E-state index in [4.69, 9.17) is 15.2 Å². The molecule has 0 aliphatic carbocycles. The third-order valence-corrected chi connectivity index (χ3v) is 7.44. The molecule has 10 nitrogen and oxygen atoms in total. The van der Waals surface area contributed by atoms with Gasteiger partial charge in [-0.05, 0) is 37.1 Å². The van der Waals surface area contributed by atoms with Crippen molar-refractivity contribution < 1.29 is 28.7 Å². The number of amides is 4. The molecule has 2 aromatic rings. The first-order valence-electron chi connectivity index (χ1n) is 11.5. The zero-order valence-corrected chi connectivity index (χ0v) is 19.0. The number of primary amides is 1. The Morgan fingerprint density at radius 3 is 2.71 bits per heavy atom. The Balaban J connectivity index is 1.40. The van der Waals surface area contributed by atoms with Crippen molar-refractivity contribution in [1.82, 2.24) is 10.2 Å². The van der Waals surface area contributed by atoms with Crippen LogP contribution in [0.25, 0.3) is 0 Å². The van der Waals surface area contributed by atoms with Crippen molar-refractivity contribution in [3.8, 4) is 11.5 Å². The SMILES string of the molecule is Cc1ccc2c(c1)C1(NC(CCC(N)=O)[C@H]3C(=O)N(Cc4ccc5c(c4)OCO5)C(=O)[C@H]31)C(=O)N2. The third-order valence-electron chi connectivity index (χ3n) is 7.44. The van der Waals surface area contributed by atoms with Gasteiger partial charge >= 0.3 is 0 Å². The maximum Gasteiger partial charge on any atom is 0.250 e. The van der Waals surface area contributed by atoms with E-state index < -0.39 is 35.2 Å². The van der Waals surface area contributed by atoms with E-state index in [0.29, 0.717) is 28.3 Å². The van der Waals surface area contributed by atoms with Crippen LogP contribution < -0.4 is 25.8 Å². The number of carbonyl (C=O) groups is 4. The summed E-state index contributed by atoms with van der Waals surface area (Å²) in [5, 5.41) is 6.19. The fourth-order valence-electron chi connectivity index (χ4n) is 5.90. The number of nitrogens with two attached hydrogens (primary N) is 1. The minimum atomic E-state index is -1.40. The van der Waals surface area contributed by atoms with E-state index in [9.17, 15) is 19.2 Å². The van der Waals surface area contributed by atoms with Gasteiger partial charge in [0.05, 0.1) is 18.4 Å². The number of benzene rings is 2. The van der Waals surface area contributed by atoms with E-state index >= 15 is 0 Å². The first-order valence-corrected chi connectivity index (χ1v) is 11.5. The normalized spacial score (nSPS) is 28.0. The maximum absolute atomic E-state index is 13.9. The molecule has 4 atom stereocenters. The minimum absolute atomic E-state index is 0.0306. The molecular formula is C25H24N4O6. The first-order chi connectivity index (χ1) is 16.8. The maximum atomic E-state index is 13.9. The lowest BCUT2D eigenvalue weighted by atomic mass is 9.76. The summed E-state index contributed by atoms with van der Waals surface area (Å²) in [4.78, 5) is 53.8. The number of anilines is 1. The predicted octanol–water partition coefficient (Wildman–Crippen LogP) is 0.910. The standard InChI is InChI=1S/C25H24N4O6/c1-12-2-4-15-14(8-12)25(24(33)27-15)21-20(16(28-25)5-7-19(26)30)22(31)29(23(21)32)10-13-3-6-17-18(9-13)35-11-34-17/h2-4,6,8-9,16,20-21,28H,5,7,10-11H2,1H3,(H2,26,30)(H,27,33)/t16?,20-,21+,25?/m1/s1. The highest BCUT2D eigenvalue weighted by atomic mass is 16.7. The molecule has 4 amide bonds. The van der Waals surface area contributed by atoms with Crippen LogP contribution in [-0.4, -0.2) is 41.4 Å². The van der Waals surface area contributed by atoms with Crippen LogP contribution in [0.4, 0.5) is 5.69 Å². The molecule has 0 aromatic heterocycles. The molecule has 1 spiro atoms. The van der Waals surface area contributed by atoms with Crippen LogP contribution in [-0.2, 0) is 31.3 Å². The molecule has 0 bridgehead atoms. The summed E-state index contributed by atoms with van der Waals surface area (Å²) in [5.41, 5.74) is 6.87. The summed E-state index contributed by atoms with van der Waals surface area (Å²) < 4.78 is 10.8. The average molecular weight is 476 g/mol. The van der Waals surface area contributed by atoms with Crippen molar-refractivity contribution in [3.63, 3.8) is 0 Å².